The van der Waals surface area contributed by atoms with E-state index in [9.17, 15) is 0 Å². The van der Waals surface area contributed by atoms with Crippen molar-refractivity contribution in [3.63, 3.8) is 0 Å². The molecule has 0 radical (unpaired) electrons. The van der Waals surface area contributed by atoms with Crippen LogP contribution < -0.4 is 0 Å². The van der Waals surface area contributed by atoms with Crippen molar-refractivity contribution in [2.24, 2.45) is 0 Å². The van der Waals surface area contributed by atoms with Gasteiger partial charge in [-0.3, -0.25) is 4.98 Å². The molecule has 47 heavy (non-hydrogen) atoms. The normalized spacial score (nSPS) is 11.8. The summed E-state index contributed by atoms with van der Waals surface area (Å²) in [7, 11) is 0. The van der Waals surface area contributed by atoms with E-state index in [0.29, 0.717) is 5.71 Å². The van der Waals surface area contributed by atoms with Crippen molar-refractivity contribution in [3.8, 4) is 33.4 Å². The summed E-state index contributed by atoms with van der Waals surface area (Å²) in [6.07, 6.45) is 3.61. The minimum Gasteiger partial charge on any atom is -0.438 e. The molecule has 0 spiro atoms. The van der Waals surface area contributed by atoms with Crippen molar-refractivity contribution >= 4 is 65.3 Å². The van der Waals surface area contributed by atoms with Crippen molar-refractivity contribution in [2.45, 2.75) is 0 Å². The first-order valence-corrected chi connectivity index (χ1v) is 15.9. The van der Waals surface area contributed by atoms with E-state index in [2.05, 4.69) is 145 Å². The monoisotopic (exact) mass is 598 g/mol. The van der Waals surface area contributed by atoms with E-state index in [1.807, 2.05) is 12.3 Å². The number of nitrogens with zero attached hydrogens (tertiary/aromatic N) is 2. The number of pyridine rings is 2. The molecular formula is C44H26N2O. The molecule has 3 nitrogen and oxygen atoms in total. The average molecular weight is 599 g/mol. The molecule has 0 saturated heterocycles. The second kappa shape index (κ2) is 10.1. The van der Waals surface area contributed by atoms with Gasteiger partial charge in [-0.15, -0.1) is 0 Å². The highest BCUT2D eigenvalue weighted by atomic mass is 16.3. The van der Waals surface area contributed by atoms with Crippen LogP contribution in [0, 0.1) is 0 Å². The fourth-order valence-electron chi connectivity index (χ4n) is 7.41. The highest BCUT2D eigenvalue weighted by molar-refractivity contribution is 6.23. The van der Waals surface area contributed by atoms with Crippen LogP contribution >= 0.6 is 0 Å². The molecule has 0 amide bonds. The summed E-state index contributed by atoms with van der Waals surface area (Å²) >= 11 is 0. The van der Waals surface area contributed by atoms with Crippen LogP contribution in [0.5, 0.6) is 0 Å². The molecule has 10 aromatic rings. The number of hydrogen-bond acceptors (Lipinski definition) is 3. The molecule has 10 rings (SSSR count). The lowest BCUT2D eigenvalue weighted by atomic mass is 9.84. The Morgan fingerprint density at radius 1 is 0.426 bits per heavy atom. The quantitative estimate of drug-likeness (QED) is 0.190. The Morgan fingerprint density at radius 3 is 1.89 bits per heavy atom. The predicted molar refractivity (Wildman–Crippen MR) is 196 cm³/mol. The summed E-state index contributed by atoms with van der Waals surface area (Å²) in [5, 5.41) is 10.6. The Hall–Kier alpha value is -6.32. The van der Waals surface area contributed by atoms with Crippen molar-refractivity contribution in [1.29, 1.82) is 0 Å². The third-order valence-corrected chi connectivity index (χ3v) is 9.53. The average Bonchev–Trinajstić information content (AvgIpc) is 3.49. The number of fused-ring (bicyclic) bond motifs is 7. The summed E-state index contributed by atoms with van der Waals surface area (Å²) in [6, 6.07) is 52.4. The molecule has 0 aliphatic rings. The zero-order valence-electron chi connectivity index (χ0n) is 25.3. The topological polar surface area (TPSA) is 38.9 Å². The number of furan rings is 1. The second-order valence-corrected chi connectivity index (χ2v) is 12.2. The van der Waals surface area contributed by atoms with Crippen molar-refractivity contribution in [1.82, 2.24) is 9.97 Å². The maximum Gasteiger partial charge on any atom is 0.227 e. The fourth-order valence-corrected chi connectivity index (χ4v) is 7.41. The largest absolute Gasteiger partial charge is 0.438 e. The maximum absolute atomic E-state index is 6.31. The van der Waals surface area contributed by atoms with E-state index in [4.69, 9.17) is 9.40 Å². The summed E-state index contributed by atoms with van der Waals surface area (Å²) in [6.45, 7) is 0. The van der Waals surface area contributed by atoms with Crippen LogP contribution in [0.4, 0.5) is 0 Å². The van der Waals surface area contributed by atoms with Gasteiger partial charge in [-0.25, -0.2) is 4.98 Å². The summed E-state index contributed by atoms with van der Waals surface area (Å²) < 4.78 is 6.31. The van der Waals surface area contributed by atoms with E-state index in [-0.39, 0.29) is 0 Å². The lowest BCUT2D eigenvalue weighted by molar-refractivity contribution is 0.656. The molecule has 3 heterocycles. The van der Waals surface area contributed by atoms with Crippen LogP contribution in [-0.2, 0) is 0 Å². The van der Waals surface area contributed by atoms with Gasteiger partial charge in [0.25, 0.3) is 0 Å². The van der Waals surface area contributed by atoms with Gasteiger partial charge in [0.2, 0.25) is 5.71 Å². The van der Waals surface area contributed by atoms with Gasteiger partial charge in [0, 0.05) is 28.6 Å². The molecule has 7 aromatic carbocycles. The van der Waals surface area contributed by atoms with E-state index in [1.165, 1.54) is 54.6 Å². The van der Waals surface area contributed by atoms with Crippen molar-refractivity contribution in [2.75, 3.05) is 0 Å². The molecule has 3 aromatic heterocycles. The first-order chi connectivity index (χ1) is 23.3. The number of rotatable bonds is 3. The SMILES string of the molecule is c1cc(-c2ccc3c(c2)oc2nc4ccncc4cc23)cc(-c2c3ccccc3c(-c3cccc4ccccc34)c3ccccc23)c1. The lowest BCUT2D eigenvalue weighted by Gasteiger charge is -2.19. The Morgan fingerprint density at radius 2 is 1.09 bits per heavy atom. The Balaban J connectivity index is 1.18. The van der Waals surface area contributed by atoms with Crippen molar-refractivity contribution in [3.05, 3.63) is 158 Å². The highest BCUT2D eigenvalue weighted by Gasteiger charge is 2.18. The molecule has 0 aliphatic heterocycles. The molecule has 0 fully saturated rings. The smallest absolute Gasteiger partial charge is 0.227 e. The van der Waals surface area contributed by atoms with E-state index in [1.54, 1.807) is 6.20 Å². The van der Waals surface area contributed by atoms with Crippen LogP contribution in [0.3, 0.4) is 0 Å². The van der Waals surface area contributed by atoms with Gasteiger partial charge in [0.15, 0.2) is 0 Å². The first-order valence-electron chi connectivity index (χ1n) is 15.9. The van der Waals surface area contributed by atoms with E-state index in [0.717, 1.165) is 38.4 Å². The summed E-state index contributed by atoms with van der Waals surface area (Å²) in [5.41, 5.74) is 9.56. The molecule has 0 bridgehead atoms. The molecule has 0 saturated carbocycles. The molecular weight excluding hydrogens is 572 g/mol. The number of benzene rings is 7. The molecule has 3 heteroatoms. The standard InChI is InChI=1S/C44H26N2O/c1-2-13-32-27(9-1)10-8-18-34(32)43-37-16-5-3-14-35(37)42(36-15-4-6-17-38(36)43)30-12-7-11-28(23-30)29-19-20-33-39-24-31-26-45-22-21-40(31)46-44(39)47-41(33)25-29/h1-26H. The zero-order chi connectivity index (χ0) is 30.9. The van der Waals surface area contributed by atoms with Gasteiger partial charge in [-0.2, -0.15) is 0 Å². The van der Waals surface area contributed by atoms with Crippen LogP contribution in [0.15, 0.2) is 162 Å². The third-order valence-electron chi connectivity index (χ3n) is 9.53. The molecule has 218 valence electrons. The van der Waals surface area contributed by atoms with E-state index < -0.39 is 0 Å². The Bertz CT molecular complexity index is 2800. The van der Waals surface area contributed by atoms with Crippen molar-refractivity contribution < 1.29 is 4.42 Å². The van der Waals surface area contributed by atoms with Gasteiger partial charge in [-0.05, 0) is 96.0 Å². The highest BCUT2D eigenvalue weighted by Crippen LogP contribution is 2.45. The van der Waals surface area contributed by atoms with Gasteiger partial charge in [-0.1, -0.05) is 115 Å². The molecule has 0 unspecified atom stereocenters. The molecule has 0 aliphatic carbocycles. The third kappa shape index (κ3) is 4.00. The second-order valence-electron chi connectivity index (χ2n) is 12.2. The van der Waals surface area contributed by atoms with E-state index >= 15 is 0 Å². The molecule has 0 atom stereocenters. The van der Waals surface area contributed by atoms with Gasteiger partial charge in [0.1, 0.15) is 5.58 Å². The maximum atomic E-state index is 6.31. The summed E-state index contributed by atoms with van der Waals surface area (Å²) in [4.78, 5) is 9.04. The first kappa shape index (κ1) is 26.0. The zero-order valence-corrected chi connectivity index (χ0v) is 25.3. The Kier molecular flexibility index (Phi) is 5.57. The van der Waals surface area contributed by atoms with Crippen LogP contribution in [-0.4, -0.2) is 9.97 Å². The van der Waals surface area contributed by atoms with Gasteiger partial charge >= 0.3 is 0 Å². The predicted octanol–water partition coefficient (Wildman–Crippen LogP) is 12.0. The van der Waals surface area contributed by atoms with Crippen LogP contribution in [0.1, 0.15) is 0 Å². The van der Waals surface area contributed by atoms with Crippen LogP contribution in [0.25, 0.3) is 98.7 Å². The Labute approximate surface area is 270 Å². The summed E-state index contributed by atoms with van der Waals surface area (Å²) in [5.74, 6) is 0. The number of aromatic nitrogens is 2. The molecule has 0 N–H and O–H groups in total. The fraction of sp³-hybridized carbons (Fsp3) is 0. The van der Waals surface area contributed by atoms with Gasteiger partial charge < -0.3 is 4.42 Å². The van der Waals surface area contributed by atoms with Gasteiger partial charge in [0.05, 0.1) is 5.52 Å². The lowest BCUT2D eigenvalue weighted by Crippen LogP contribution is -1.92. The minimum absolute atomic E-state index is 0.647. The van der Waals surface area contributed by atoms with Crippen LogP contribution in [0.2, 0.25) is 0 Å². The number of hydrogen-bond donors (Lipinski definition) is 0. The minimum atomic E-state index is 0.647.